The topological polar surface area (TPSA) is 103 Å². The van der Waals surface area contributed by atoms with Crippen LogP contribution in [0.5, 0.6) is 0 Å². The molecule has 0 fully saturated rings. The van der Waals surface area contributed by atoms with Crippen LogP contribution < -0.4 is 5.32 Å². The van der Waals surface area contributed by atoms with Gasteiger partial charge in [0.05, 0.1) is 18.4 Å². The Kier molecular flexibility index (Phi) is 5.29. The Bertz CT molecular complexity index is 1260. The van der Waals surface area contributed by atoms with Gasteiger partial charge in [-0.05, 0) is 38.1 Å². The van der Waals surface area contributed by atoms with Crippen molar-refractivity contribution in [2.75, 3.05) is 5.32 Å². The molecule has 0 spiro atoms. The Hall–Kier alpha value is -3.94. The second-order valence-electron chi connectivity index (χ2n) is 7.49. The average Bonchev–Trinajstić information content (AvgIpc) is 3.41. The van der Waals surface area contributed by atoms with E-state index in [0.29, 0.717) is 35.4 Å². The average molecular weight is 418 g/mol. The van der Waals surface area contributed by atoms with Gasteiger partial charge in [0.15, 0.2) is 28.9 Å². The van der Waals surface area contributed by atoms with E-state index in [0.717, 1.165) is 16.7 Å². The summed E-state index contributed by atoms with van der Waals surface area (Å²) in [4.78, 5) is 28.6. The van der Waals surface area contributed by atoms with E-state index in [2.05, 4.69) is 21.5 Å². The van der Waals surface area contributed by atoms with Crippen molar-refractivity contribution in [3.05, 3.63) is 77.0 Å². The largest absolute Gasteiger partial charge is 0.456 e. The molecule has 0 atom stereocenters. The molecule has 1 amide bonds. The van der Waals surface area contributed by atoms with Gasteiger partial charge < -0.3 is 14.2 Å². The molecule has 3 aromatic heterocycles. The number of hydrogen-bond acceptors (Lipinski definition) is 6. The summed E-state index contributed by atoms with van der Waals surface area (Å²) in [5.74, 6) is 1.21. The van der Waals surface area contributed by atoms with Crippen molar-refractivity contribution >= 4 is 17.4 Å². The second-order valence-corrected chi connectivity index (χ2v) is 7.49. The summed E-state index contributed by atoms with van der Waals surface area (Å²) in [6.45, 7) is 7.47. The molecular weight excluding hydrogens is 396 g/mol. The molecule has 0 unspecified atom stereocenters. The number of carbonyl (C=O) groups is 2. The minimum Gasteiger partial charge on any atom is -0.456 e. The van der Waals surface area contributed by atoms with Crippen LogP contribution in [-0.4, -0.2) is 26.5 Å². The Labute approximate surface area is 178 Å². The molecule has 8 nitrogen and oxygen atoms in total. The SMILES string of the molecule is CC(=O)c1ccc(Cn2cc(NC(=O)c3nc(C)oc3-c3cc(C)cc(C)c3)cn2)o1. The number of hydrogen-bond donors (Lipinski definition) is 1. The van der Waals surface area contributed by atoms with Crippen molar-refractivity contribution in [2.45, 2.75) is 34.2 Å². The standard InChI is InChI=1S/C23H22N4O4/c1-13-7-14(2)9-17(8-13)22-21(25-16(4)30-22)23(29)26-18-10-24-27(11-18)12-19-5-6-20(31-19)15(3)28/h5-11H,12H2,1-4H3,(H,26,29). The normalized spacial score (nSPS) is 11.0. The smallest absolute Gasteiger partial charge is 0.278 e. The third-order valence-corrected chi connectivity index (χ3v) is 4.65. The molecule has 0 aliphatic heterocycles. The van der Waals surface area contributed by atoms with E-state index in [4.69, 9.17) is 8.83 Å². The fraction of sp³-hybridized carbons (Fsp3) is 0.217. The maximum Gasteiger partial charge on any atom is 0.278 e. The Balaban J connectivity index is 1.52. The van der Waals surface area contributed by atoms with Crippen LogP contribution in [-0.2, 0) is 6.54 Å². The summed E-state index contributed by atoms with van der Waals surface area (Å²) >= 11 is 0. The number of anilines is 1. The van der Waals surface area contributed by atoms with Gasteiger partial charge in [-0.25, -0.2) is 4.98 Å². The van der Waals surface area contributed by atoms with Gasteiger partial charge in [-0.15, -0.1) is 0 Å². The zero-order valence-corrected chi connectivity index (χ0v) is 17.7. The zero-order chi connectivity index (χ0) is 22.1. The van der Waals surface area contributed by atoms with Gasteiger partial charge in [0, 0.05) is 25.6 Å². The highest BCUT2D eigenvalue weighted by Crippen LogP contribution is 2.27. The van der Waals surface area contributed by atoms with Gasteiger partial charge >= 0.3 is 0 Å². The number of furan rings is 1. The van der Waals surface area contributed by atoms with Gasteiger partial charge in [-0.3, -0.25) is 14.3 Å². The minimum absolute atomic E-state index is 0.137. The van der Waals surface area contributed by atoms with Gasteiger partial charge in [-0.1, -0.05) is 17.2 Å². The maximum absolute atomic E-state index is 12.9. The molecular formula is C23H22N4O4. The molecule has 4 rings (SSSR count). The first-order chi connectivity index (χ1) is 14.8. The Morgan fingerprint density at radius 1 is 1.06 bits per heavy atom. The molecule has 8 heteroatoms. The monoisotopic (exact) mass is 418 g/mol. The molecule has 0 saturated heterocycles. The van der Waals surface area contributed by atoms with Crippen molar-refractivity contribution in [1.29, 1.82) is 0 Å². The predicted octanol–water partition coefficient (Wildman–Crippen LogP) is 4.56. The molecule has 31 heavy (non-hydrogen) atoms. The van der Waals surface area contributed by atoms with Crippen molar-refractivity contribution in [3.63, 3.8) is 0 Å². The Morgan fingerprint density at radius 3 is 2.48 bits per heavy atom. The van der Waals surface area contributed by atoms with Crippen molar-refractivity contribution in [1.82, 2.24) is 14.8 Å². The maximum atomic E-state index is 12.9. The summed E-state index contributed by atoms with van der Waals surface area (Å²) in [6.07, 6.45) is 3.22. The molecule has 0 radical (unpaired) electrons. The first kappa shape index (κ1) is 20.3. The fourth-order valence-corrected chi connectivity index (χ4v) is 3.40. The predicted molar refractivity (Wildman–Crippen MR) is 114 cm³/mol. The first-order valence-corrected chi connectivity index (χ1v) is 9.78. The third kappa shape index (κ3) is 4.48. The first-order valence-electron chi connectivity index (χ1n) is 9.78. The highest BCUT2D eigenvalue weighted by atomic mass is 16.4. The number of Topliss-reactive ketones (excluding diaryl/α,β-unsaturated/α-hetero) is 1. The van der Waals surface area contributed by atoms with Gasteiger partial charge in [0.25, 0.3) is 5.91 Å². The van der Waals surface area contributed by atoms with E-state index >= 15 is 0 Å². The van der Waals surface area contributed by atoms with Crippen molar-refractivity contribution in [3.8, 4) is 11.3 Å². The molecule has 1 N–H and O–H groups in total. The molecule has 1 aromatic carbocycles. The van der Waals surface area contributed by atoms with E-state index in [9.17, 15) is 9.59 Å². The van der Waals surface area contributed by atoms with Crippen LogP contribution in [0, 0.1) is 20.8 Å². The van der Waals surface area contributed by atoms with Crippen molar-refractivity contribution < 1.29 is 18.4 Å². The number of rotatable bonds is 6. The number of aryl methyl sites for hydroxylation is 3. The third-order valence-electron chi connectivity index (χ3n) is 4.65. The lowest BCUT2D eigenvalue weighted by atomic mass is 10.0. The number of carbonyl (C=O) groups excluding carboxylic acids is 2. The highest BCUT2D eigenvalue weighted by molar-refractivity contribution is 6.06. The number of ketones is 1. The molecule has 0 aliphatic rings. The second kappa shape index (κ2) is 8.06. The molecule has 0 bridgehead atoms. The highest BCUT2D eigenvalue weighted by Gasteiger charge is 2.21. The Morgan fingerprint density at radius 2 is 1.81 bits per heavy atom. The summed E-state index contributed by atoms with van der Waals surface area (Å²) in [6, 6.07) is 9.33. The number of nitrogens with zero attached hydrogens (tertiary/aromatic N) is 3. The molecule has 3 heterocycles. The lowest BCUT2D eigenvalue weighted by Crippen LogP contribution is -2.13. The van der Waals surface area contributed by atoms with E-state index in [1.165, 1.54) is 13.1 Å². The van der Waals surface area contributed by atoms with E-state index in [1.807, 2.05) is 26.0 Å². The number of aromatic nitrogens is 3. The van der Waals surface area contributed by atoms with Crippen molar-refractivity contribution in [2.24, 2.45) is 0 Å². The van der Waals surface area contributed by atoms with Crippen LogP contribution in [0.2, 0.25) is 0 Å². The van der Waals surface area contributed by atoms with Crippen LogP contribution in [0.15, 0.2) is 51.6 Å². The van der Waals surface area contributed by atoms with Crippen LogP contribution in [0.1, 0.15) is 50.7 Å². The van der Waals surface area contributed by atoms with Gasteiger partial charge in [0.1, 0.15) is 5.76 Å². The summed E-state index contributed by atoms with van der Waals surface area (Å²) in [5.41, 5.74) is 3.67. The van der Waals surface area contributed by atoms with Gasteiger partial charge in [0.2, 0.25) is 0 Å². The van der Waals surface area contributed by atoms with E-state index < -0.39 is 0 Å². The number of amides is 1. The molecule has 4 aromatic rings. The van der Waals surface area contributed by atoms with E-state index in [1.54, 1.807) is 29.9 Å². The quantitative estimate of drug-likeness (QED) is 0.461. The number of oxazole rings is 1. The van der Waals surface area contributed by atoms with E-state index in [-0.39, 0.29) is 17.4 Å². The summed E-state index contributed by atoms with van der Waals surface area (Å²) in [5, 5.41) is 7.05. The van der Waals surface area contributed by atoms with Crippen LogP contribution in [0.4, 0.5) is 5.69 Å². The zero-order valence-electron chi connectivity index (χ0n) is 17.7. The van der Waals surface area contributed by atoms with Gasteiger partial charge in [-0.2, -0.15) is 5.10 Å². The molecule has 0 saturated carbocycles. The fourth-order valence-electron chi connectivity index (χ4n) is 3.40. The molecule has 158 valence electrons. The van der Waals surface area contributed by atoms with Crippen LogP contribution in [0.3, 0.4) is 0 Å². The summed E-state index contributed by atoms with van der Waals surface area (Å²) < 4.78 is 12.8. The van der Waals surface area contributed by atoms with Crippen LogP contribution >= 0.6 is 0 Å². The lowest BCUT2D eigenvalue weighted by molar-refractivity contribution is 0.0983. The minimum atomic E-state index is -0.387. The number of nitrogens with one attached hydrogen (secondary N) is 1. The molecule has 0 aliphatic carbocycles. The lowest BCUT2D eigenvalue weighted by Gasteiger charge is -2.05. The summed E-state index contributed by atoms with van der Waals surface area (Å²) in [7, 11) is 0. The number of benzene rings is 1. The van der Waals surface area contributed by atoms with Crippen LogP contribution in [0.25, 0.3) is 11.3 Å².